The molecule has 7 nitrogen and oxygen atoms in total. The summed E-state index contributed by atoms with van der Waals surface area (Å²) in [7, 11) is 0. The van der Waals surface area contributed by atoms with Gasteiger partial charge in [-0.1, -0.05) is 0 Å². The van der Waals surface area contributed by atoms with Crippen molar-refractivity contribution in [1.82, 2.24) is 29.9 Å². The highest BCUT2D eigenvalue weighted by atomic mass is 19.1. The summed E-state index contributed by atoms with van der Waals surface area (Å²) in [6.45, 7) is 6.70. The van der Waals surface area contributed by atoms with Crippen LogP contribution in [0.25, 0.3) is 16.7 Å². The maximum Gasteiger partial charge on any atom is 0.257 e. The van der Waals surface area contributed by atoms with Gasteiger partial charge < -0.3 is 9.88 Å². The summed E-state index contributed by atoms with van der Waals surface area (Å²) >= 11 is 0. The van der Waals surface area contributed by atoms with Gasteiger partial charge in [0.05, 0.1) is 40.2 Å². The van der Waals surface area contributed by atoms with E-state index in [0.717, 1.165) is 29.7 Å². The Balaban J connectivity index is 1.58. The molecule has 1 saturated heterocycles. The Morgan fingerprint density at radius 2 is 1.87 bits per heavy atom. The SMILES string of the molecule is Cc1cc2nc(C3(C)CCCN3C(=O)c3cc(F)ccc3-n3nccn3)[nH]c2cc1C. The van der Waals surface area contributed by atoms with Gasteiger partial charge in [-0.25, -0.2) is 9.37 Å². The lowest BCUT2D eigenvalue weighted by atomic mass is 9.97. The topological polar surface area (TPSA) is 79.7 Å². The maximum absolute atomic E-state index is 14.1. The molecule has 0 spiro atoms. The zero-order valence-electron chi connectivity index (χ0n) is 17.7. The average Bonchev–Trinajstić information content (AvgIpc) is 3.48. The molecule has 1 N–H and O–H groups in total. The Morgan fingerprint density at radius 3 is 2.65 bits per heavy atom. The zero-order valence-corrected chi connectivity index (χ0v) is 17.7. The molecular formula is C23H23FN6O. The van der Waals surface area contributed by atoms with Crippen LogP contribution < -0.4 is 0 Å². The highest BCUT2D eigenvalue weighted by molar-refractivity contribution is 5.98. The Hall–Kier alpha value is -3.55. The molecule has 1 aliphatic rings. The van der Waals surface area contributed by atoms with E-state index in [4.69, 9.17) is 4.98 Å². The Kier molecular flexibility index (Phi) is 4.39. The molecule has 1 aliphatic heterocycles. The first-order valence-corrected chi connectivity index (χ1v) is 10.3. The van der Waals surface area contributed by atoms with Crippen molar-refractivity contribution in [2.75, 3.05) is 6.54 Å². The number of nitrogens with zero attached hydrogens (tertiary/aromatic N) is 5. The molecule has 1 atom stereocenters. The Bertz CT molecular complexity index is 1260. The van der Waals surface area contributed by atoms with Crippen LogP contribution in [0.1, 0.15) is 47.1 Å². The van der Waals surface area contributed by atoms with Crippen LogP contribution in [0.2, 0.25) is 0 Å². The van der Waals surface area contributed by atoms with Crippen LogP contribution in [0.15, 0.2) is 42.7 Å². The third-order valence-electron chi connectivity index (χ3n) is 6.32. The molecule has 2 aromatic heterocycles. The van der Waals surface area contributed by atoms with Gasteiger partial charge in [-0.05, 0) is 75.1 Å². The molecule has 2 aromatic carbocycles. The van der Waals surface area contributed by atoms with Crippen LogP contribution in [0.4, 0.5) is 4.39 Å². The third kappa shape index (κ3) is 3.10. The molecule has 31 heavy (non-hydrogen) atoms. The number of nitrogens with one attached hydrogen (secondary N) is 1. The van der Waals surface area contributed by atoms with Gasteiger partial charge >= 0.3 is 0 Å². The number of aromatic nitrogens is 5. The number of carbonyl (C=O) groups excluding carboxylic acids is 1. The summed E-state index contributed by atoms with van der Waals surface area (Å²) in [4.78, 5) is 25.1. The molecule has 0 saturated carbocycles. The summed E-state index contributed by atoms with van der Waals surface area (Å²) in [6, 6.07) is 8.24. The molecule has 1 fully saturated rings. The lowest BCUT2D eigenvalue weighted by molar-refractivity contribution is 0.0605. The number of likely N-dealkylation sites (tertiary alicyclic amines) is 1. The highest BCUT2D eigenvalue weighted by Crippen LogP contribution is 2.39. The van der Waals surface area contributed by atoms with Gasteiger partial charge in [-0.3, -0.25) is 4.79 Å². The highest BCUT2D eigenvalue weighted by Gasteiger charge is 2.44. The third-order valence-corrected chi connectivity index (χ3v) is 6.32. The fraction of sp³-hybridized carbons (Fsp3) is 0.304. The first-order valence-electron chi connectivity index (χ1n) is 10.3. The van der Waals surface area contributed by atoms with E-state index in [0.29, 0.717) is 12.2 Å². The number of imidazole rings is 1. The van der Waals surface area contributed by atoms with Crippen LogP contribution >= 0.6 is 0 Å². The smallest absolute Gasteiger partial charge is 0.257 e. The fourth-order valence-corrected chi connectivity index (χ4v) is 4.40. The van der Waals surface area contributed by atoms with E-state index in [1.165, 1.54) is 46.5 Å². The van der Waals surface area contributed by atoms with Crippen LogP contribution in [0.3, 0.4) is 0 Å². The normalized spacial score (nSPS) is 18.8. The van der Waals surface area contributed by atoms with Crippen molar-refractivity contribution in [3.05, 3.63) is 71.1 Å². The standard InChI is InChI=1S/C23H23FN6O/c1-14-11-18-19(12-15(14)2)28-22(27-18)23(3)7-4-10-29(23)21(31)17-13-16(24)5-6-20(17)30-25-8-9-26-30/h5-6,8-9,11-13H,4,7,10H2,1-3H3,(H,27,28). The van der Waals surface area contributed by atoms with Crippen LogP contribution in [-0.4, -0.2) is 42.3 Å². The minimum Gasteiger partial charge on any atom is -0.340 e. The summed E-state index contributed by atoms with van der Waals surface area (Å²) in [5, 5.41) is 8.24. The van der Waals surface area contributed by atoms with Gasteiger partial charge in [0.2, 0.25) is 0 Å². The molecule has 1 unspecified atom stereocenters. The number of halogens is 1. The number of fused-ring (bicyclic) bond motifs is 1. The van der Waals surface area contributed by atoms with E-state index in [1.807, 2.05) is 6.92 Å². The van der Waals surface area contributed by atoms with Crippen LogP contribution in [0.5, 0.6) is 0 Å². The molecule has 0 aliphatic carbocycles. The number of aryl methyl sites for hydroxylation is 2. The van der Waals surface area contributed by atoms with Gasteiger partial charge in [0.15, 0.2) is 0 Å². The molecule has 1 amide bonds. The number of amides is 1. The van der Waals surface area contributed by atoms with E-state index in [-0.39, 0.29) is 11.5 Å². The van der Waals surface area contributed by atoms with Gasteiger partial charge in [0.25, 0.3) is 5.91 Å². The molecule has 0 radical (unpaired) electrons. The van der Waals surface area contributed by atoms with E-state index >= 15 is 0 Å². The number of rotatable bonds is 3. The van der Waals surface area contributed by atoms with Gasteiger partial charge in [-0.15, -0.1) is 0 Å². The van der Waals surface area contributed by atoms with Gasteiger partial charge in [0.1, 0.15) is 11.6 Å². The van der Waals surface area contributed by atoms with E-state index in [2.05, 4.69) is 41.2 Å². The average molecular weight is 418 g/mol. The predicted molar refractivity (Wildman–Crippen MR) is 115 cm³/mol. The number of H-pyrrole nitrogens is 1. The minimum absolute atomic E-state index is 0.229. The summed E-state index contributed by atoms with van der Waals surface area (Å²) in [5.74, 6) is 0.00276. The number of hydrogen-bond acceptors (Lipinski definition) is 4. The molecule has 3 heterocycles. The number of hydrogen-bond donors (Lipinski definition) is 1. The van der Waals surface area contributed by atoms with Crippen molar-refractivity contribution in [3.63, 3.8) is 0 Å². The number of benzene rings is 2. The lowest BCUT2D eigenvalue weighted by Crippen LogP contribution is -2.44. The molecule has 158 valence electrons. The number of aromatic amines is 1. The second kappa shape index (κ2) is 7.01. The monoisotopic (exact) mass is 418 g/mol. The van der Waals surface area contributed by atoms with Crippen LogP contribution in [-0.2, 0) is 5.54 Å². The molecule has 4 aromatic rings. The van der Waals surface area contributed by atoms with E-state index < -0.39 is 11.4 Å². The quantitative estimate of drug-likeness (QED) is 0.544. The minimum atomic E-state index is -0.626. The van der Waals surface area contributed by atoms with Crippen molar-refractivity contribution in [3.8, 4) is 5.69 Å². The molecule has 0 bridgehead atoms. The van der Waals surface area contributed by atoms with Crippen molar-refractivity contribution in [2.45, 2.75) is 39.2 Å². The molecular weight excluding hydrogens is 395 g/mol. The van der Waals surface area contributed by atoms with Crippen LogP contribution in [0, 0.1) is 19.7 Å². The van der Waals surface area contributed by atoms with E-state index in [9.17, 15) is 9.18 Å². The van der Waals surface area contributed by atoms with Crippen molar-refractivity contribution < 1.29 is 9.18 Å². The molecule has 8 heteroatoms. The lowest BCUT2D eigenvalue weighted by Gasteiger charge is -2.34. The zero-order chi connectivity index (χ0) is 21.8. The predicted octanol–water partition coefficient (Wildman–Crippen LogP) is 4.05. The first kappa shape index (κ1) is 19.4. The largest absolute Gasteiger partial charge is 0.340 e. The maximum atomic E-state index is 14.1. The second-order valence-corrected chi connectivity index (χ2v) is 8.35. The second-order valence-electron chi connectivity index (χ2n) is 8.35. The van der Waals surface area contributed by atoms with E-state index in [1.54, 1.807) is 4.90 Å². The van der Waals surface area contributed by atoms with Gasteiger partial charge in [-0.2, -0.15) is 15.0 Å². The molecule has 5 rings (SSSR count). The summed E-state index contributed by atoms with van der Waals surface area (Å²) in [5.41, 5.74) is 4.23. The fourth-order valence-electron chi connectivity index (χ4n) is 4.40. The first-order chi connectivity index (χ1) is 14.9. The van der Waals surface area contributed by atoms with Crippen molar-refractivity contribution in [1.29, 1.82) is 0 Å². The Morgan fingerprint density at radius 1 is 1.13 bits per heavy atom. The van der Waals surface area contributed by atoms with Crippen molar-refractivity contribution >= 4 is 16.9 Å². The van der Waals surface area contributed by atoms with Gasteiger partial charge in [0, 0.05) is 6.54 Å². The number of carbonyl (C=O) groups is 1. The summed E-state index contributed by atoms with van der Waals surface area (Å²) in [6.07, 6.45) is 4.65. The summed E-state index contributed by atoms with van der Waals surface area (Å²) < 4.78 is 14.1. The Labute approximate surface area is 178 Å². The van der Waals surface area contributed by atoms with Crippen molar-refractivity contribution in [2.24, 2.45) is 0 Å².